The van der Waals surface area contributed by atoms with Crippen LogP contribution in [0.1, 0.15) is 16.8 Å². The van der Waals surface area contributed by atoms with Gasteiger partial charge in [-0.25, -0.2) is 0 Å². The van der Waals surface area contributed by atoms with Crippen molar-refractivity contribution in [2.24, 2.45) is 0 Å². The van der Waals surface area contributed by atoms with Crippen molar-refractivity contribution in [1.82, 2.24) is 9.88 Å². The molecule has 1 amide bonds. The highest BCUT2D eigenvalue weighted by Crippen LogP contribution is 2.28. The van der Waals surface area contributed by atoms with Crippen LogP contribution in [0.25, 0.3) is 0 Å². The number of methoxy groups -OCH3 is 1. The molecule has 5 nitrogen and oxygen atoms in total. The van der Waals surface area contributed by atoms with Gasteiger partial charge >= 0.3 is 0 Å². The number of aromatic nitrogens is 1. The largest absolute Gasteiger partial charge is 0.497 e. The Balaban J connectivity index is 1.69. The number of carbonyl (C=O) groups is 1. The van der Waals surface area contributed by atoms with E-state index in [0.717, 1.165) is 10.9 Å². The zero-order valence-corrected chi connectivity index (χ0v) is 15.4. The van der Waals surface area contributed by atoms with Gasteiger partial charge in [-0.05, 0) is 34.1 Å². The van der Waals surface area contributed by atoms with E-state index >= 15 is 0 Å². The minimum Gasteiger partial charge on any atom is -0.497 e. The van der Waals surface area contributed by atoms with Gasteiger partial charge in [0, 0.05) is 35.9 Å². The number of pyridine rings is 1. The Labute approximate surface area is 153 Å². The molecule has 0 bridgehead atoms. The van der Waals surface area contributed by atoms with Crippen molar-refractivity contribution in [3.05, 3.63) is 51.7 Å². The van der Waals surface area contributed by atoms with Crippen LogP contribution in [0.3, 0.4) is 0 Å². The van der Waals surface area contributed by atoms with Crippen molar-refractivity contribution in [3.63, 3.8) is 0 Å². The van der Waals surface area contributed by atoms with Gasteiger partial charge in [-0.15, -0.1) is 0 Å². The third-order valence-corrected chi connectivity index (χ3v) is 4.84. The lowest BCUT2D eigenvalue weighted by Crippen LogP contribution is -2.31. The highest BCUT2D eigenvalue weighted by Gasteiger charge is 2.29. The molecule has 126 valence electrons. The van der Waals surface area contributed by atoms with Gasteiger partial charge in [0.1, 0.15) is 22.6 Å². The van der Waals surface area contributed by atoms with E-state index in [4.69, 9.17) is 21.1 Å². The van der Waals surface area contributed by atoms with E-state index in [1.807, 2.05) is 12.1 Å². The minimum atomic E-state index is -0.0850. The summed E-state index contributed by atoms with van der Waals surface area (Å²) in [6.45, 7) is 1.15. The van der Waals surface area contributed by atoms with E-state index in [2.05, 4.69) is 20.9 Å². The molecular formula is C17H16BrClN2O3. The van der Waals surface area contributed by atoms with Crippen LogP contribution < -0.4 is 9.47 Å². The van der Waals surface area contributed by atoms with Gasteiger partial charge in [0.25, 0.3) is 5.91 Å². The summed E-state index contributed by atoms with van der Waals surface area (Å²) in [4.78, 5) is 18.5. The molecule has 1 unspecified atom stereocenters. The van der Waals surface area contributed by atoms with Crippen molar-refractivity contribution in [1.29, 1.82) is 0 Å². The standard InChI is InChI=1S/C17H16BrClN2O3/c1-23-11-2-3-14(18)13(8-11)17(22)21-7-5-12(10-21)24-16-4-6-20-9-15(16)19/h2-4,6,8-9,12H,5,7,10H2,1H3. The molecule has 0 N–H and O–H groups in total. The smallest absolute Gasteiger partial charge is 0.255 e. The molecule has 0 saturated carbocycles. The van der Waals surface area contributed by atoms with Crippen molar-refractivity contribution in [2.75, 3.05) is 20.2 Å². The van der Waals surface area contributed by atoms with Crippen molar-refractivity contribution >= 4 is 33.4 Å². The van der Waals surface area contributed by atoms with Gasteiger partial charge in [0.05, 0.1) is 19.2 Å². The van der Waals surface area contributed by atoms with E-state index in [9.17, 15) is 4.79 Å². The van der Waals surface area contributed by atoms with E-state index < -0.39 is 0 Å². The van der Waals surface area contributed by atoms with Crippen molar-refractivity contribution < 1.29 is 14.3 Å². The Morgan fingerprint density at radius 2 is 2.25 bits per heavy atom. The SMILES string of the molecule is COc1ccc(Br)c(C(=O)N2CCC(Oc3ccncc3Cl)C2)c1. The molecular weight excluding hydrogens is 396 g/mol. The molecule has 2 heterocycles. The van der Waals surface area contributed by atoms with Crippen LogP contribution in [0.2, 0.25) is 5.02 Å². The first-order chi connectivity index (χ1) is 11.6. The number of likely N-dealkylation sites (tertiary alicyclic amines) is 1. The first kappa shape index (κ1) is 17.0. The van der Waals surface area contributed by atoms with Gasteiger partial charge < -0.3 is 14.4 Å². The Kier molecular flexibility index (Phi) is 5.26. The second-order valence-electron chi connectivity index (χ2n) is 5.43. The predicted octanol–water partition coefficient (Wildman–Crippen LogP) is 3.80. The van der Waals surface area contributed by atoms with Crippen LogP contribution in [0, 0.1) is 0 Å². The summed E-state index contributed by atoms with van der Waals surface area (Å²) in [5, 5.41) is 0.470. The topological polar surface area (TPSA) is 51.7 Å². The normalized spacial score (nSPS) is 17.0. The summed E-state index contributed by atoms with van der Waals surface area (Å²) in [5.74, 6) is 1.19. The number of amides is 1. The monoisotopic (exact) mass is 410 g/mol. The zero-order valence-electron chi connectivity index (χ0n) is 13.0. The highest BCUT2D eigenvalue weighted by molar-refractivity contribution is 9.10. The molecule has 1 fully saturated rings. The molecule has 1 saturated heterocycles. The van der Waals surface area contributed by atoms with Crippen LogP contribution in [0.15, 0.2) is 41.1 Å². The Morgan fingerprint density at radius 3 is 3.00 bits per heavy atom. The lowest BCUT2D eigenvalue weighted by atomic mass is 10.2. The number of carbonyl (C=O) groups excluding carboxylic acids is 1. The quantitative estimate of drug-likeness (QED) is 0.768. The van der Waals surface area contributed by atoms with E-state index in [1.165, 1.54) is 0 Å². The van der Waals surface area contributed by atoms with Crippen molar-refractivity contribution in [2.45, 2.75) is 12.5 Å². The molecule has 1 atom stereocenters. The number of benzene rings is 1. The fourth-order valence-electron chi connectivity index (χ4n) is 2.61. The Bertz CT molecular complexity index is 756. The molecule has 0 radical (unpaired) electrons. The molecule has 3 rings (SSSR count). The lowest BCUT2D eigenvalue weighted by molar-refractivity contribution is 0.0771. The highest BCUT2D eigenvalue weighted by atomic mass is 79.9. The van der Waals surface area contributed by atoms with E-state index in [1.54, 1.807) is 36.5 Å². The zero-order chi connectivity index (χ0) is 17.1. The van der Waals surface area contributed by atoms with Crippen LogP contribution in [0.5, 0.6) is 11.5 Å². The summed E-state index contributed by atoms with van der Waals surface area (Å²) in [6.07, 6.45) is 3.85. The van der Waals surface area contributed by atoms with Gasteiger partial charge in [-0.3, -0.25) is 9.78 Å². The molecule has 0 spiro atoms. The molecule has 7 heteroatoms. The third-order valence-electron chi connectivity index (χ3n) is 3.87. The summed E-state index contributed by atoms with van der Waals surface area (Å²) in [7, 11) is 1.58. The number of nitrogens with zero attached hydrogens (tertiary/aromatic N) is 2. The first-order valence-corrected chi connectivity index (χ1v) is 8.64. The van der Waals surface area contributed by atoms with E-state index in [0.29, 0.717) is 35.2 Å². The number of ether oxygens (including phenoxy) is 2. The third kappa shape index (κ3) is 3.65. The number of rotatable bonds is 4. The van der Waals surface area contributed by atoms with Gasteiger partial charge in [0.2, 0.25) is 0 Å². The van der Waals surface area contributed by atoms with Crippen LogP contribution in [-0.2, 0) is 0 Å². The van der Waals surface area contributed by atoms with Crippen LogP contribution in [0.4, 0.5) is 0 Å². The second kappa shape index (κ2) is 7.40. The fraction of sp³-hybridized carbons (Fsp3) is 0.294. The number of hydrogen-bond acceptors (Lipinski definition) is 4. The molecule has 2 aromatic rings. The summed E-state index contributed by atoms with van der Waals surface area (Å²) >= 11 is 9.49. The summed E-state index contributed by atoms with van der Waals surface area (Å²) < 4.78 is 11.8. The average Bonchev–Trinajstić information content (AvgIpc) is 3.05. The summed E-state index contributed by atoms with van der Waals surface area (Å²) in [5.41, 5.74) is 0.581. The first-order valence-electron chi connectivity index (χ1n) is 7.47. The van der Waals surface area contributed by atoms with E-state index in [-0.39, 0.29) is 12.0 Å². The van der Waals surface area contributed by atoms with Gasteiger partial charge in [0.15, 0.2) is 0 Å². The lowest BCUT2D eigenvalue weighted by Gasteiger charge is -2.18. The maximum atomic E-state index is 12.7. The Hall–Kier alpha value is -1.79. The molecule has 0 aliphatic carbocycles. The summed E-state index contributed by atoms with van der Waals surface area (Å²) in [6, 6.07) is 7.08. The number of halogens is 2. The molecule has 1 aromatic heterocycles. The van der Waals surface area contributed by atoms with Gasteiger partial charge in [-0.2, -0.15) is 0 Å². The maximum Gasteiger partial charge on any atom is 0.255 e. The van der Waals surface area contributed by atoms with Crippen LogP contribution >= 0.6 is 27.5 Å². The van der Waals surface area contributed by atoms with Gasteiger partial charge in [-0.1, -0.05) is 11.6 Å². The fourth-order valence-corrected chi connectivity index (χ4v) is 3.19. The molecule has 1 aromatic carbocycles. The van der Waals surface area contributed by atoms with Crippen LogP contribution in [-0.4, -0.2) is 42.1 Å². The number of hydrogen-bond donors (Lipinski definition) is 0. The second-order valence-corrected chi connectivity index (χ2v) is 6.69. The molecule has 1 aliphatic heterocycles. The molecule has 24 heavy (non-hydrogen) atoms. The molecule has 1 aliphatic rings. The van der Waals surface area contributed by atoms with Crippen molar-refractivity contribution in [3.8, 4) is 11.5 Å². The maximum absolute atomic E-state index is 12.7. The Morgan fingerprint density at radius 1 is 1.42 bits per heavy atom. The average molecular weight is 412 g/mol. The minimum absolute atomic E-state index is 0.0484. The predicted molar refractivity (Wildman–Crippen MR) is 94.9 cm³/mol.